The van der Waals surface area contributed by atoms with Gasteiger partial charge in [-0.3, -0.25) is 9.36 Å². The number of nitrogens with zero attached hydrogens (tertiary/aromatic N) is 2. The number of halogens is 1. The molecule has 0 radical (unpaired) electrons. The third-order valence-corrected chi connectivity index (χ3v) is 6.19. The average Bonchev–Trinajstić information content (AvgIpc) is 3.12. The van der Waals surface area contributed by atoms with Gasteiger partial charge < -0.3 is 24.5 Å². The molecule has 0 aliphatic heterocycles. The Labute approximate surface area is 213 Å². The second-order valence-electron chi connectivity index (χ2n) is 8.07. The molecule has 9 heteroatoms. The van der Waals surface area contributed by atoms with Crippen LogP contribution in [0.25, 0.3) is 5.69 Å². The number of amides is 1. The van der Waals surface area contributed by atoms with Crippen LogP contribution in [0.1, 0.15) is 11.3 Å². The minimum absolute atomic E-state index is 0.113. The molecule has 0 aliphatic rings. The van der Waals surface area contributed by atoms with E-state index in [1.54, 1.807) is 43.1 Å². The fraction of sp³-hybridized carbons (Fsp3) is 0.185. The number of aromatic hydroxyl groups is 1. The predicted molar refractivity (Wildman–Crippen MR) is 138 cm³/mol. The number of carbonyl (C=O) groups excluding carboxylic acids is 1. The van der Waals surface area contributed by atoms with Crippen molar-refractivity contribution in [2.45, 2.75) is 19.4 Å². The van der Waals surface area contributed by atoms with Gasteiger partial charge in [-0.25, -0.2) is 4.39 Å². The van der Waals surface area contributed by atoms with Crippen molar-refractivity contribution in [1.29, 1.82) is 0 Å². The average molecular weight is 508 g/mol. The molecule has 4 aromatic rings. The summed E-state index contributed by atoms with van der Waals surface area (Å²) in [6.45, 7) is 0.429. The molecule has 0 bridgehead atoms. The summed E-state index contributed by atoms with van der Waals surface area (Å²) in [4.78, 5) is 12.9. The SMILES string of the molecule is COc1ccc(CCn2c(CC(=O)Nc3ccc(OC)cc3)c(O)n(-c3ccc(F)cc3)c2=S)cc1. The summed E-state index contributed by atoms with van der Waals surface area (Å²) in [5, 5.41) is 14.0. The van der Waals surface area contributed by atoms with E-state index in [1.807, 2.05) is 24.3 Å². The molecule has 36 heavy (non-hydrogen) atoms. The number of rotatable bonds is 9. The van der Waals surface area contributed by atoms with E-state index in [4.69, 9.17) is 21.7 Å². The van der Waals surface area contributed by atoms with E-state index in [-0.39, 0.29) is 18.2 Å². The van der Waals surface area contributed by atoms with Gasteiger partial charge in [0.15, 0.2) is 4.77 Å². The van der Waals surface area contributed by atoms with Crippen LogP contribution in [0.15, 0.2) is 72.8 Å². The van der Waals surface area contributed by atoms with Gasteiger partial charge in [-0.05, 0) is 84.9 Å². The highest BCUT2D eigenvalue weighted by molar-refractivity contribution is 7.71. The maximum atomic E-state index is 13.5. The molecule has 1 amide bonds. The quantitative estimate of drug-likeness (QED) is 0.301. The Balaban J connectivity index is 1.64. The molecular formula is C27H26FN3O4S. The van der Waals surface area contributed by atoms with Crippen LogP contribution in [-0.4, -0.2) is 34.4 Å². The lowest BCUT2D eigenvalue weighted by molar-refractivity contribution is -0.115. The van der Waals surface area contributed by atoms with Gasteiger partial charge in [-0.15, -0.1) is 0 Å². The molecule has 4 rings (SSSR count). The molecule has 1 heterocycles. The van der Waals surface area contributed by atoms with Crippen LogP contribution >= 0.6 is 12.2 Å². The van der Waals surface area contributed by atoms with Crippen LogP contribution in [-0.2, 0) is 24.2 Å². The van der Waals surface area contributed by atoms with Gasteiger partial charge in [-0.1, -0.05) is 12.1 Å². The third-order valence-electron chi connectivity index (χ3n) is 5.79. The number of imidazole rings is 1. The van der Waals surface area contributed by atoms with E-state index in [0.717, 1.165) is 11.3 Å². The molecule has 2 N–H and O–H groups in total. The number of nitrogens with one attached hydrogen (secondary N) is 1. The van der Waals surface area contributed by atoms with E-state index in [0.29, 0.717) is 40.6 Å². The first-order valence-electron chi connectivity index (χ1n) is 11.3. The first-order chi connectivity index (χ1) is 17.4. The van der Waals surface area contributed by atoms with E-state index in [2.05, 4.69) is 5.32 Å². The summed E-state index contributed by atoms with van der Waals surface area (Å²) < 4.78 is 27.4. The minimum Gasteiger partial charge on any atom is -0.497 e. The second kappa shape index (κ2) is 11.1. The molecule has 186 valence electrons. The molecule has 0 spiro atoms. The molecule has 7 nitrogen and oxygen atoms in total. The third kappa shape index (κ3) is 5.58. The lowest BCUT2D eigenvalue weighted by Gasteiger charge is -2.10. The summed E-state index contributed by atoms with van der Waals surface area (Å²) in [6, 6.07) is 20.3. The minimum atomic E-state index is -0.400. The van der Waals surface area contributed by atoms with E-state index in [9.17, 15) is 14.3 Å². The van der Waals surface area contributed by atoms with Crippen molar-refractivity contribution >= 4 is 23.8 Å². The first kappa shape index (κ1) is 25.0. The largest absolute Gasteiger partial charge is 0.497 e. The molecule has 3 aromatic carbocycles. The van der Waals surface area contributed by atoms with E-state index in [1.165, 1.54) is 28.8 Å². The number of aromatic nitrogens is 2. The number of ether oxygens (including phenoxy) is 2. The van der Waals surface area contributed by atoms with Crippen LogP contribution in [0.2, 0.25) is 0 Å². The molecular weight excluding hydrogens is 481 g/mol. The maximum Gasteiger partial charge on any atom is 0.230 e. The zero-order valence-electron chi connectivity index (χ0n) is 19.9. The molecule has 0 unspecified atom stereocenters. The standard InChI is InChI=1S/C27H26FN3O4S/c1-34-22-11-3-18(4-12-22)15-16-30-24(17-25(32)29-20-7-13-23(35-2)14-8-20)26(33)31(27(30)36)21-9-5-19(28)6-10-21/h3-14,33H,15-17H2,1-2H3,(H,29,32). The van der Waals surface area contributed by atoms with Crippen LogP contribution in [0, 0.1) is 10.6 Å². The molecule has 0 fully saturated rings. The number of carbonyl (C=O) groups is 1. The van der Waals surface area contributed by atoms with Crippen LogP contribution in [0.4, 0.5) is 10.1 Å². The lowest BCUT2D eigenvalue weighted by Crippen LogP contribution is -2.17. The van der Waals surface area contributed by atoms with Crippen molar-refractivity contribution in [3.63, 3.8) is 0 Å². The number of anilines is 1. The smallest absolute Gasteiger partial charge is 0.230 e. The van der Waals surface area contributed by atoms with Crippen molar-refractivity contribution in [1.82, 2.24) is 9.13 Å². The van der Waals surface area contributed by atoms with Gasteiger partial charge in [0.25, 0.3) is 0 Å². The Morgan fingerprint density at radius 3 is 2.11 bits per heavy atom. The highest BCUT2D eigenvalue weighted by Gasteiger charge is 2.21. The molecule has 0 saturated heterocycles. The monoisotopic (exact) mass is 507 g/mol. The zero-order valence-corrected chi connectivity index (χ0v) is 20.7. The van der Waals surface area contributed by atoms with Gasteiger partial charge in [0.05, 0.1) is 32.0 Å². The van der Waals surface area contributed by atoms with E-state index >= 15 is 0 Å². The summed E-state index contributed by atoms with van der Waals surface area (Å²) in [6.07, 6.45) is 0.497. The van der Waals surface area contributed by atoms with E-state index < -0.39 is 5.82 Å². The summed E-state index contributed by atoms with van der Waals surface area (Å²) in [5.41, 5.74) is 2.50. The van der Waals surface area contributed by atoms with Crippen LogP contribution in [0.3, 0.4) is 0 Å². The summed E-state index contributed by atoms with van der Waals surface area (Å²) in [7, 11) is 3.18. The second-order valence-corrected chi connectivity index (χ2v) is 8.43. The predicted octanol–water partition coefficient (Wildman–Crippen LogP) is 5.29. The lowest BCUT2D eigenvalue weighted by atomic mass is 10.1. The fourth-order valence-electron chi connectivity index (χ4n) is 3.87. The van der Waals surface area contributed by atoms with Crippen LogP contribution < -0.4 is 14.8 Å². The van der Waals surface area contributed by atoms with Gasteiger partial charge in [0, 0.05) is 12.2 Å². The number of aryl methyl sites for hydroxylation is 1. The van der Waals surface area contributed by atoms with Crippen LogP contribution in [0.5, 0.6) is 17.4 Å². The van der Waals surface area contributed by atoms with Gasteiger partial charge in [0.2, 0.25) is 11.8 Å². The highest BCUT2D eigenvalue weighted by Crippen LogP contribution is 2.27. The zero-order chi connectivity index (χ0) is 25.7. The normalized spacial score (nSPS) is 10.8. The van der Waals surface area contributed by atoms with Crippen molar-refractivity contribution in [3.8, 4) is 23.1 Å². The van der Waals surface area contributed by atoms with Gasteiger partial charge in [-0.2, -0.15) is 0 Å². The Morgan fingerprint density at radius 2 is 1.53 bits per heavy atom. The Hall–Kier alpha value is -4.11. The number of hydrogen-bond donors (Lipinski definition) is 2. The maximum absolute atomic E-state index is 13.5. The number of methoxy groups -OCH3 is 2. The van der Waals surface area contributed by atoms with Crippen molar-refractivity contribution in [2.24, 2.45) is 0 Å². The fourth-order valence-corrected chi connectivity index (χ4v) is 4.26. The first-order valence-corrected chi connectivity index (χ1v) is 11.7. The Kier molecular flexibility index (Phi) is 7.70. The van der Waals surface area contributed by atoms with Crippen molar-refractivity contribution in [3.05, 3.63) is 94.6 Å². The topological polar surface area (TPSA) is 77.7 Å². The van der Waals surface area contributed by atoms with Gasteiger partial charge in [0.1, 0.15) is 17.3 Å². The van der Waals surface area contributed by atoms with Crippen molar-refractivity contribution in [2.75, 3.05) is 19.5 Å². The molecule has 0 aliphatic carbocycles. The molecule has 1 aromatic heterocycles. The molecule has 0 atom stereocenters. The van der Waals surface area contributed by atoms with Gasteiger partial charge >= 0.3 is 0 Å². The number of benzene rings is 3. The summed E-state index contributed by atoms with van der Waals surface area (Å²) in [5.74, 6) is 0.550. The Morgan fingerprint density at radius 1 is 0.944 bits per heavy atom. The molecule has 0 saturated carbocycles. The summed E-state index contributed by atoms with van der Waals surface area (Å²) >= 11 is 5.69. The Bertz CT molecular complexity index is 1400. The highest BCUT2D eigenvalue weighted by atomic mass is 32.1. The number of hydrogen-bond acceptors (Lipinski definition) is 5. The van der Waals surface area contributed by atoms with Crippen molar-refractivity contribution < 1.29 is 23.8 Å².